The lowest BCUT2D eigenvalue weighted by Crippen LogP contribution is -2.64. The molecule has 23 nitrogen and oxygen atoms in total. The van der Waals surface area contributed by atoms with Crippen LogP contribution in [0.25, 0.3) is 0 Å². The highest BCUT2D eigenvalue weighted by Crippen LogP contribution is 2.11. The number of nitrogens with two attached hydrogens (primary N) is 4. The summed E-state index contributed by atoms with van der Waals surface area (Å²) in [5, 5.41) is 47.9. The topological polar surface area (TPSA) is 393 Å². The van der Waals surface area contributed by atoms with Gasteiger partial charge in [0.05, 0.1) is 19.3 Å². The molecule has 268 valence electrons. The van der Waals surface area contributed by atoms with Gasteiger partial charge in [-0.15, -0.1) is 0 Å². The molecule has 48 heavy (non-hydrogen) atoms. The van der Waals surface area contributed by atoms with Crippen LogP contribution < -0.4 is 65.5 Å². The molecule has 2 rings (SSSR count). The lowest BCUT2D eigenvalue weighted by molar-refractivity contribution is -0.135. The summed E-state index contributed by atoms with van der Waals surface area (Å²) in [5.74, 6) is -6.65. The average Bonchev–Trinajstić information content (AvgIpc) is 3.02. The van der Waals surface area contributed by atoms with Crippen LogP contribution in [0.3, 0.4) is 0 Å². The van der Waals surface area contributed by atoms with Crippen LogP contribution in [-0.4, -0.2) is 132 Å². The number of nitrogens with one attached hydrogen (secondary N) is 8. The largest absolute Gasteiger partial charge is 0.394 e. The highest BCUT2D eigenvalue weighted by molar-refractivity contribution is 6.02. The van der Waals surface area contributed by atoms with Gasteiger partial charge in [0.25, 0.3) is 5.91 Å². The average molecular weight is 686 g/mol. The van der Waals surface area contributed by atoms with E-state index < -0.39 is 109 Å². The van der Waals surface area contributed by atoms with Crippen LogP contribution in [0.15, 0.2) is 16.9 Å². The minimum atomic E-state index is -1.78. The molecule has 0 saturated carbocycles. The SMILES string of the molecule is NCCC[C@H](N)CC(=O)N[C@@H]1CNC(=O)[C@H]([C@H]2C[C@@H](O)N=C(N)N2)NC(=O)/C(=C/NC(N)=O)NC(=O)[C@H](CO)NC(=O)[C@H](CO)NC1=O. The van der Waals surface area contributed by atoms with E-state index in [0.29, 0.717) is 25.6 Å². The number of carbonyl (C=O) groups excluding carboxylic acids is 7. The smallest absolute Gasteiger partial charge is 0.316 e. The summed E-state index contributed by atoms with van der Waals surface area (Å²) in [6, 6.07) is -9.66. The fourth-order valence-electron chi connectivity index (χ4n) is 4.46. The van der Waals surface area contributed by atoms with Crippen LogP contribution in [0.2, 0.25) is 0 Å². The lowest BCUT2D eigenvalue weighted by atomic mass is 10.0. The van der Waals surface area contributed by atoms with Gasteiger partial charge < -0.3 is 80.8 Å². The quantitative estimate of drug-likeness (QED) is 0.0950. The van der Waals surface area contributed by atoms with E-state index >= 15 is 0 Å². The van der Waals surface area contributed by atoms with Gasteiger partial charge in [0.1, 0.15) is 29.9 Å². The van der Waals surface area contributed by atoms with Gasteiger partial charge in [-0.25, -0.2) is 9.79 Å². The number of primary amides is 1. The number of hydrogen-bond acceptors (Lipinski definition) is 15. The van der Waals surface area contributed by atoms with E-state index in [-0.39, 0.29) is 18.8 Å². The Morgan fingerprint density at radius 3 is 2.23 bits per heavy atom. The zero-order valence-electron chi connectivity index (χ0n) is 25.7. The molecule has 2 aliphatic rings. The molecule has 0 aromatic heterocycles. The van der Waals surface area contributed by atoms with Gasteiger partial charge in [-0.1, -0.05) is 0 Å². The minimum Gasteiger partial charge on any atom is -0.394 e. The van der Waals surface area contributed by atoms with Gasteiger partial charge in [0, 0.05) is 31.6 Å². The molecule has 0 unspecified atom stereocenters. The number of amides is 8. The number of aliphatic hydroxyl groups is 3. The summed E-state index contributed by atoms with van der Waals surface area (Å²) in [6.45, 7) is -2.36. The van der Waals surface area contributed by atoms with E-state index in [0.717, 1.165) is 0 Å². The summed E-state index contributed by atoms with van der Waals surface area (Å²) in [6.07, 6.45) is -0.339. The third-order valence-corrected chi connectivity index (χ3v) is 6.91. The maximum absolute atomic E-state index is 13.6. The molecule has 8 amide bonds. The summed E-state index contributed by atoms with van der Waals surface area (Å²) in [7, 11) is 0. The van der Waals surface area contributed by atoms with E-state index in [2.05, 4.69) is 42.2 Å². The minimum absolute atomic E-state index is 0.245. The molecule has 0 aromatic rings. The van der Waals surface area contributed by atoms with Crippen LogP contribution in [0.5, 0.6) is 0 Å². The van der Waals surface area contributed by atoms with Crippen LogP contribution >= 0.6 is 0 Å². The Kier molecular flexibility index (Phi) is 15.4. The number of carbonyl (C=O) groups is 7. The summed E-state index contributed by atoms with van der Waals surface area (Å²) in [5.41, 5.74) is 21.5. The van der Waals surface area contributed by atoms with Crippen molar-refractivity contribution < 1.29 is 48.9 Å². The van der Waals surface area contributed by atoms with Crippen molar-refractivity contribution in [1.29, 1.82) is 0 Å². The van der Waals surface area contributed by atoms with Crippen molar-refractivity contribution in [3.05, 3.63) is 11.9 Å². The van der Waals surface area contributed by atoms with Crippen LogP contribution in [0, 0.1) is 0 Å². The number of urea groups is 1. The first-order chi connectivity index (χ1) is 22.7. The second-order valence-corrected chi connectivity index (χ2v) is 10.7. The second-order valence-electron chi connectivity index (χ2n) is 10.7. The summed E-state index contributed by atoms with van der Waals surface area (Å²) in [4.78, 5) is 94.0. The first-order valence-corrected chi connectivity index (χ1v) is 14.7. The van der Waals surface area contributed by atoms with Gasteiger partial charge in [0.2, 0.25) is 29.5 Å². The third-order valence-electron chi connectivity index (χ3n) is 6.91. The van der Waals surface area contributed by atoms with E-state index in [1.165, 1.54) is 0 Å². The Hall–Kier alpha value is -5.10. The van der Waals surface area contributed by atoms with Gasteiger partial charge in [-0.3, -0.25) is 28.8 Å². The predicted molar refractivity (Wildman–Crippen MR) is 164 cm³/mol. The summed E-state index contributed by atoms with van der Waals surface area (Å²) >= 11 is 0. The van der Waals surface area contributed by atoms with Crippen molar-refractivity contribution in [2.75, 3.05) is 26.3 Å². The van der Waals surface area contributed by atoms with Gasteiger partial charge in [0.15, 0.2) is 12.2 Å². The van der Waals surface area contributed by atoms with Crippen molar-refractivity contribution >= 4 is 47.4 Å². The van der Waals surface area contributed by atoms with E-state index in [1.807, 2.05) is 5.32 Å². The van der Waals surface area contributed by atoms with Gasteiger partial charge in [-0.05, 0) is 19.4 Å². The molecular formula is C25H43N13O10. The van der Waals surface area contributed by atoms with Crippen molar-refractivity contribution in [3.8, 4) is 0 Å². The second kappa shape index (κ2) is 18.9. The van der Waals surface area contributed by atoms with Crippen LogP contribution in [0.1, 0.15) is 25.7 Å². The molecule has 0 radical (unpaired) electrons. The van der Waals surface area contributed by atoms with Crippen LogP contribution in [-0.2, 0) is 28.8 Å². The molecule has 23 heteroatoms. The molecule has 0 spiro atoms. The Morgan fingerprint density at radius 2 is 1.62 bits per heavy atom. The number of aliphatic hydroxyl groups excluding tert-OH is 3. The molecule has 19 N–H and O–H groups in total. The van der Waals surface area contributed by atoms with Crippen molar-refractivity contribution in [2.24, 2.45) is 27.9 Å². The number of rotatable bonds is 10. The third kappa shape index (κ3) is 12.3. The zero-order chi connectivity index (χ0) is 36.0. The lowest BCUT2D eigenvalue weighted by Gasteiger charge is -2.33. The molecule has 1 saturated heterocycles. The monoisotopic (exact) mass is 685 g/mol. The van der Waals surface area contributed by atoms with Crippen molar-refractivity contribution in [3.63, 3.8) is 0 Å². The standard InChI is InChI=1S/C25H43N13O10/c26-3-1-2-10(27)4-16(41)32-12-6-30-23(47)18(11-5-17(42)37-24(28)36-11)38-20(44)13(7-31-25(29)48)33-21(45)14(8-39)35-22(46)15(9-40)34-19(12)43/h7,10-12,14-15,17-18,39-40,42H,1-6,8-9,26-27H2,(H,30,47)(H,32,41)(H,33,45)(H,34,43)(H,35,46)(H,38,44)(H3,28,36,37)(H3,29,31,48)/b13-7-/t10-,11+,12+,14-,15-,17+,18-/m0/s1. The number of hydrogen-bond donors (Lipinski definition) is 15. The van der Waals surface area contributed by atoms with Gasteiger partial charge >= 0.3 is 6.03 Å². The molecule has 7 atom stereocenters. The molecule has 0 aromatic carbocycles. The molecule has 2 aliphatic heterocycles. The van der Waals surface area contributed by atoms with E-state index in [1.54, 1.807) is 0 Å². The number of guanidine groups is 1. The Labute approximate surface area is 273 Å². The van der Waals surface area contributed by atoms with E-state index in [4.69, 9.17) is 22.9 Å². The molecular weight excluding hydrogens is 642 g/mol. The Balaban J connectivity index is 2.54. The highest BCUT2D eigenvalue weighted by Gasteiger charge is 2.37. The zero-order valence-corrected chi connectivity index (χ0v) is 25.7. The van der Waals surface area contributed by atoms with Crippen LogP contribution in [0.4, 0.5) is 4.79 Å². The first kappa shape index (κ1) is 39.1. The van der Waals surface area contributed by atoms with Gasteiger partial charge in [-0.2, -0.15) is 0 Å². The maximum atomic E-state index is 13.6. The summed E-state index contributed by atoms with van der Waals surface area (Å²) < 4.78 is 0. The number of aliphatic imine (C=N–C) groups is 1. The molecule has 0 bridgehead atoms. The fourth-order valence-corrected chi connectivity index (χ4v) is 4.46. The molecule has 0 aliphatic carbocycles. The maximum Gasteiger partial charge on any atom is 0.316 e. The normalized spacial score (nSPS) is 27.6. The number of nitrogens with zero attached hydrogens (tertiary/aromatic N) is 1. The fraction of sp³-hybridized carbons (Fsp3) is 0.600. The highest BCUT2D eigenvalue weighted by atomic mass is 16.3. The Bertz CT molecular complexity index is 1280. The Morgan fingerprint density at radius 1 is 0.979 bits per heavy atom. The molecule has 1 fully saturated rings. The first-order valence-electron chi connectivity index (χ1n) is 14.7. The van der Waals surface area contributed by atoms with E-state index in [9.17, 15) is 48.9 Å². The van der Waals surface area contributed by atoms with Crippen molar-refractivity contribution in [1.82, 2.24) is 42.5 Å². The predicted octanol–water partition coefficient (Wildman–Crippen LogP) is -8.88. The molecule has 2 heterocycles. The van der Waals surface area contributed by atoms with Crippen molar-refractivity contribution in [2.45, 2.75) is 68.2 Å².